The third-order valence-electron chi connectivity index (χ3n) is 1.46. The van der Waals surface area contributed by atoms with Crippen LogP contribution >= 0.6 is 0 Å². The van der Waals surface area contributed by atoms with Crippen molar-refractivity contribution in [3.63, 3.8) is 0 Å². The predicted molar refractivity (Wildman–Crippen MR) is 48.2 cm³/mol. The van der Waals surface area contributed by atoms with Crippen LogP contribution in [0, 0.1) is 0 Å². The van der Waals surface area contributed by atoms with Crippen molar-refractivity contribution >= 4 is 12.4 Å². The Hall–Kier alpha value is -1.78. The van der Waals surface area contributed by atoms with Gasteiger partial charge >= 0.3 is 6.36 Å². The highest BCUT2D eigenvalue weighted by Crippen LogP contribution is 2.23. The molecule has 1 aromatic rings. The Morgan fingerprint density at radius 1 is 1.27 bits per heavy atom. The van der Waals surface area contributed by atoms with Crippen LogP contribution in [0.2, 0.25) is 0 Å². The van der Waals surface area contributed by atoms with E-state index in [9.17, 15) is 18.0 Å². The minimum Gasteiger partial charge on any atom is -0.406 e. The number of aldehydes is 1. The minimum absolute atomic E-state index is 0.310. The lowest BCUT2D eigenvalue weighted by molar-refractivity contribution is -0.274. The van der Waals surface area contributed by atoms with Gasteiger partial charge in [-0.15, -0.1) is 13.2 Å². The van der Waals surface area contributed by atoms with Crippen molar-refractivity contribution in [2.24, 2.45) is 0 Å². The second-order valence-electron chi connectivity index (χ2n) is 2.62. The fraction of sp³-hybridized carbons (Fsp3) is 0.100. The maximum atomic E-state index is 11.8. The zero-order valence-corrected chi connectivity index (χ0v) is 7.49. The lowest BCUT2D eigenvalue weighted by Crippen LogP contribution is -2.17. The SMILES string of the molecule is O=C/C=C/c1cccc(OC(F)(F)F)c1. The quantitative estimate of drug-likeness (QED) is 0.573. The molecule has 0 heterocycles. The lowest BCUT2D eigenvalue weighted by atomic mass is 10.2. The number of allylic oxidation sites excluding steroid dienone is 1. The summed E-state index contributed by atoms with van der Waals surface area (Å²) in [6, 6.07) is 5.34. The second kappa shape index (κ2) is 4.63. The third kappa shape index (κ3) is 4.30. The highest BCUT2D eigenvalue weighted by molar-refractivity contribution is 5.74. The topological polar surface area (TPSA) is 26.3 Å². The molecule has 0 saturated heterocycles. The molecule has 0 bridgehead atoms. The largest absolute Gasteiger partial charge is 0.573 e. The molecule has 0 atom stereocenters. The van der Waals surface area contributed by atoms with Crippen molar-refractivity contribution in [2.75, 3.05) is 0 Å². The van der Waals surface area contributed by atoms with Gasteiger partial charge in [0.05, 0.1) is 0 Å². The Morgan fingerprint density at radius 3 is 2.60 bits per heavy atom. The molecule has 1 rings (SSSR count). The van der Waals surface area contributed by atoms with E-state index in [0.717, 1.165) is 0 Å². The number of alkyl halides is 3. The van der Waals surface area contributed by atoms with Gasteiger partial charge in [-0.3, -0.25) is 4.79 Å². The van der Waals surface area contributed by atoms with Crippen molar-refractivity contribution in [1.82, 2.24) is 0 Å². The maximum absolute atomic E-state index is 11.8. The van der Waals surface area contributed by atoms with Gasteiger partial charge in [0.25, 0.3) is 0 Å². The number of ether oxygens (including phenoxy) is 1. The van der Waals surface area contributed by atoms with E-state index in [-0.39, 0.29) is 5.75 Å². The van der Waals surface area contributed by atoms with Gasteiger partial charge in [-0.25, -0.2) is 0 Å². The summed E-state index contributed by atoms with van der Waals surface area (Å²) in [5.74, 6) is -0.310. The number of benzene rings is 1. The lowest BCUT2D eigenvalue weighted by Gasteiger charge is -2.08. The first kappa shape index (κ1) is 11.3. The van der Waals surface area contributed by atoms with Gasteiger partial charge in [-0.1, -0.05) is 18.2 Å². The molecular formula is C10H7F3O2. The van der Waals surface area contributed by atoms with E-state index in [1.807, 2.05) is 0 Å². The van der Waals surface area contributed by atoms with E-state index in [4.69, 9.17) is 0 Å². The van der Waals surface area contributed by atoms with Gasteiger partial charge in [-0.05, 0) is 23.8 Å². The molecular weight excluding hydrogens is 209 g/mol. The Bertz CT molecular complexity index is 369. The number of halogens is 3. The smallest absolute Gasteiger partial charge is 0.406 e. The van der Waals surface area contributed by atoms with Crippen LogP contribution in [-0.2, 0) is 4.79 Å². The van der Waals surface area contributed by atoms with E-state index in [2.05, 4.69) is 4.74 Å². The molecule has 0 aliphatic heterocycles. The van der Waals surface area contributed by atoms with E-state index >= 15 is 0 Å². The fourth-order valence-electron chi connectivity index (χ4n) is 0.966. The Labute approximate surface area is 84.0 Å². The number of carbonyl (C=O) groups is 1. The highest BCUT2D eigenvalue weighted by atomic mass is 19.4. The first-order valence-corrected chi connectivity index (χ1v) is 3.99. The van der Waals surface area contributed by atoms with E-state index < -0.39 is 6.36 Å². The summed E-state index contributed by atoms with van der Waals surface area (Å²) in [6.45, 7) is 0. The van der Waals surface area contributed by atoms with Gasteiger partial charge in [0.15, 0.2) is 0 Å². The molecule has 1 aromatic carbocycles. The average molecular weight is 216 g/mol. The molecule has 2 nitrogen and oxygen atoms in total. The fourth-order valence-corrected chi connectivity index (χ4v) is 0.966. The molecule has 0 spiro atoms. The normalized spacial score (nSPS) is 11.7. The second-order valence-corrected chi connectivity index (χ2v) is 2.62. The van der Waals surface area contributed by atoms with Crippen LogP contribution in [0.5, 0.6) is 5.75 Å². The van der Waals surface area contributed by atoms with Crippen LogP contribution in [-0.4, -0.2) is 12.6 Å². The summed E-state index contributed by atoms with van der Waals surface area (Å²) in [5, 5.41) is 0. The molecule has 80 valence electrons. The molecule has 0 saturated carbocycles. The molecule has 0 N–H and O–H groups in total. The first-order valence-electron chi connectivity index (χ1n) is 3.99. The summed E-state index contributed by atoms with van der Waals surface area (Å²) in [7, 11) is 0. The summed E-state index contributed by atoms with van der Waals surface area (Å²) >= 11 is 0. The van der Waals surface area contributed by atoms with Crippen molar-refractivity contribution in [1.29, 1.82) is 0 Å². The molecule has 0 radical (unpaired) electrons. The molecule has 0 amide bonds. The van der Waals surface area contributed by atoms with Gasteiger partial charge in [0, 0.05) is 0 Å². The number of rotatable bonds is 3. The number of carbonyl (C=O) groups excluding carboxylic acids is 1. The van der Waals surface area contributed by atoms with Gasteiger partial charge < -0.3 is 4.74 Å². The molecule has 15 heavy (non-hydrogen) atoms. The Morgan fingerprint density at radius 2 is 2.00 bits per heavy atom. The van der Waals surface area contributed by atoms with Gasteiger partial charge in [0.2, 0.25) is 0 Å². The average Bonchev–Trinajstić information content (AvgIpc) is 2.12. The summed E-state index contributed by atoms with van der Waals surface area (Å²) in [6.07, 6.45) is -1.59. The zero-order valence-electron chi connectivity index (χ0n) is 7.49. The third-order valence-corrected chi connectivity index (χ3v) is 1.46. The molecule has 0 aromatic heterocycles. The molecule has 0 fully saturated rings. The monoisotopic (exact) mass is 216 g/mol. The molecule has 0 aliphatic carbocycles. The van der Waals surface area contributed by atoms with Crippen LogP contribution in [0.3, 0.4) is 0 Å². The summed E-state index contributed by atoms with van der Waals surface area (Å²) in [4.78, 5) is 9.99. The van der Waals surface area contributed by atoms with E-state index in [1.54, 1.807) is 6.07 Å². The van der Waals surface area contributed by atoms with Gasteiger partial charge in [-0.2, -0.15) is 0 Å². The van der Waals surface area contributed by atoms with Crippen LogP contribution < -0.4 is 4.74 Å². The minimum atomic E-state index is -4.70. The van der Waals surface area contributed by atoms with Crippen LogP contribution in [0.15, 0.2) is 30.3 Å². The van der Waals surface area contributed by atoms with Crippen LogP contribution in [0.1, 0.15) is 5.56 Å². The van der Waals surface area contributed by atoms with Gasteiger partial charge in [0.1, 0.15) is 12.0 Å². The molecule has 5 heteroatoms. The van der Waals surface area contributed by atoms with Crippen molar-refractivity contribution in [2.45, 2.75) is 6.36 Å². The summed E-state index contributed by atoms with van der Waals surface area (Å²) < 4.78 is 39.2. The van der Waals surface area contributed by atoms with E-state index in [1.165, 1.54) is 30.4 Å². The van der Waals surface area contributed by atoms with Crippen LogP contribution in [0.25, 0.3) is 6.08 Å². The first-order chi connectivity index (χ1) is 7.01. The van der Waals surface area contributed by atoms with Crippen molar-refractivity contribution < 1.29 is 22.7 Å². The molecule has 0 aliphatic rings. The number of hydrogen-bond acceptors (Lipinski definition) is 2. The standard InChI is InChI=1S/C10H7F3O2/c11-10(12,13)15-9-5-1-3-8(7-9)4-2-6-14/h1-7H/b4-2+. The highest BCUT2D eigenvalue weighted by Gasteiger charge is 2.30. The number of hydrogen-bond donors (Lipinski definition) is 0. The van der Waals surface area contributed by atoms with Crippen LogP contribution in [0.4, 0.5) is 13.2 Å². The zero-order chi connectivity index (χ0) is 11.3. The van der Waals surface area contributed by atoms with Crippen molar-refractivity contribution in [3.05, 3.63) is 35.9 Å². The van der Waals surface area contributed by atoms with E-state index in [0.29, 0.717) is 11.8 Å². The maximum Gasteiger partial charge on any atom is 0.573 e. The Kier molecular flexibility index (Phi) is 3.49. The summed E-state index contributed by atoms with van der Waals surface area (Å²) in [5.41, 5.74) is 0.462. The Balaban J connectivity index is 2.83. The molecule has 0 unspecified atom stereocenters. The van der Waals surface area contributed by atoms with Crippen molar-refractivity contribution in [3.8, 4) is 5.75 Å². The predicted octanol–water partition coefficient (Wildman–Crippen LogP) is 2.80.